The van der Waals surface area contributed by atoms with E-state index in [4.69, 9.17) is 4.74 Å². The van der Waals surface area contributed by atoms with E-state index >= 15 is 0 Å². The van der Waals surface area contributed by atoms with Crippen molar-refractivity contribution >= 4 is 11.9 Å². The van der Waals surface area contributed by atoms with Crippen molar-refractivity contribution in [2.75, 3.05) is 13.2 Å². The van der Waals surface area contributed by atoms with Crippen molar-refractivity contribution in [1.82, 2.24) is 4.90 Å². The molecular formula is C14H21NO4. The van der Waals surface area contributed by atoms with Gasteiger partial charge in [0.1, 0.15) is 0 Å². The number of nitrogens with zero attached hydrogens (tertiary/aromatic N) is 1. The zero-order valence-corrected chi connectivity index (χ0v) is 11.4. The van der Waals surface area contributed by atoms with Gasteiger partial charge in [-0.15, -0.1) is 0 Å². The summed E-state index contributed by atoms with van der Waals surface area (Å²) < 4.78 is 5.51. The molecule has 1 fully saturated rings. The fourth-order valence-corrected chi connectivity index (χ4v) is 2.78. The van der Waals surface area contributed by atoms with Gasteiger partial charge in [0.05, 0.1) is 30.6 Å². The molecule has 1 aliphatic heterocycles. The maximum atomic E-state index is 12.6. The summed E-state index contributed by atoms with van der Waals surface area (Å²) >= 11 is 0. The molecule has 106 valence electrons. The molecule has 19 heavy (non-hydrogen) atoms. The van der Waals surface area contributed by atoms with Gasteiger partial charge in [-0.3, -0.25) is 9.59 Å². The van der Waals surface area contributed by atoms with E-state index in [0.717, 1.165) is 0 Å². The molecule has 4 atom stereocenters. The third-order valence-corrected chi connectivity index (χ3v) is 3.96. The van der Waals surface area contributed by atoms with Crippen LogP contribution < -0.4 is 0 Å². The summed E-state index contributed by atoms with van der Waals surface area (Å²) in [5.74, 6) is -1.95. The van der Waals surface area contributed by atoms with Crippen molar-refractivity contribution in [3.05, 3.63) is 12.2 Å². The van der Waals surface area contributed by atoms with Crippen molar-refractivity contribution < 1.29 is 19.4 Å². The molecule has 1 amide bonds. The maximum absolute atomic E-state index is 12.6. The largest absolute Gasteiger partial charge is 0.481 e. The first kappa shape index (κ1) is 14.1. The number of hydrogen-bond acceptors (Lipinski definition) is 3. The minimum absolute atomic E-state index is 0.0163. The van der Waals surface area contributed by atoms with Crippen LogP contribution in [0.4, 0.5) is 0 Å². The van der Waals surface area contributed by atoms with Gasteiger partial charge in [0, 0.05) is 6.54 Å². The lowest BCUT2D eigenvalue weighted by atomic mass is 9.81. The topological polar surface area (TPSA) is 66.8 Å². The van der Waals surface area contributed by atoms with Crippen LogP contribution in [-0.4, -0.2) is 47.2 Å². The molecule has 1 N–H and O–H groups in total. The Morgan fingerprint density at radius 3 is 2.47 bits per heavy atom. The second-order valence-corrected chi connectivity index (χ2v) is 5.48. The number of amides is 1. The van der Waals surface area contributed by atoms with Crippen molar-refractivity contribution in [3.8, 4) is 0 Å². The highest BCUT2D eigenvalue weighted by Gasteiger charge is 2.39. The number of aliphatic carboxylic acids is 1. The summed E-state index contributed by atoms with van der Waals surface area (Å²) in [6.45, 7) is 4.94. The highest BCUT2D eigenvalue weighted by Crippen LogP contribution is 2.29. The fraction of sp³-hybridized carbons (Fsp3) is 0.714. The standard InChI is InChI=1S/C14H21NO4/c1-9-8-19-10(2)7-15(9)13(16)11-5-3-4-6-12(11)14(17)18/h3-4,9-12H,5-8H2,1-2H3,(H,17,18). The molecule has 0 aromatic carbocycles. The molecule has 0 radical (unpaired) electrons. The number of carboxylic acid groups (broad SMARTS) is 1. The Bertz CT molecular complexity index is 393. The number of morpholine rings is 1. The quantitative estimate of drug-likeness (QED) is 0.766. The summed E-state index contributed by atoms with van der Waals surface area (Å²) in [7, 11) is 0. The minimum atomic E-state index is -0.878. The highest BCUT2D eigenvalue weighted by molar-refractivity contribution is 5.85. The SMILES string of the molecule is CC1CN(C(=O)C2CC=CCC2C(=O)O)C(C)CO1. The zero-order valence-electron chi connectivity index (χ0n) is 11.4. The first-order chi connectivity index (χ1) is 9.00. The van der Waals surface area contributed by atoms with Gasteiger partial charge in [-0.25, -0.2) is 0 Å². The van der Waals surface area contributed by atoms with Crippen LogP contribution in [0, 0.1) is 11.8 Å². The second kappa shape index (κ2) is 5.74. The van der Waals surface area contributed by atoms with Crippen LogP contribution in [0.15, 0.2) is 12.2 Å². The molecule has 5 heteroatoms. The number of ether oxygens (including phenoxy) is 1. The third-order valence-electron chi connectivity index (χ3n) is 3.96. The monoisotopic (exact) mass is 267 g/mol. The van der Waals surface area contributed by atoms with E-state index in [1.165, 1.54) is 0 Å². The van der Waals surface area contributed by atoms with E-state index in [0.29, 0.717) is 26.0 Å². The van der Waals surface area contributed by atoms with E-state index in [2.05, 4.69) is 0 Å². The highest BCUT2D eigenvalue weighted by atomic mass is 16.5. The number of carbonyl (C=O) groups excluding carboxylic acids is 1. The molecule has 1 saturated heterocycles. The smallest absolute Gasteiger partial charge is 0.307 e. The van der Waals surface area contributed by atoms with E-state index in [1.807, 2.05) is 26.0 Å². The molecule has 0 aromatic rings. The molecule has 2 aliphatic rings. The summed E-state index contributed by atoms with van der Waals surface area (Å²) in [5.41, 5.74) is 0. The van der Waals surface area contributed by atoms with Gasteiger partial charge in [0.15, 0.2) is 0 Å². The van der Waals surface area contributed by atoms with Gasteiger partial charge in [-0.1, -0.05) is 12.2 Å². The van der Waals surface area contributed by atoms with Crippen LogP contribution in [0.2, 0.25) is 0 Å². The van der Waals surface area contributed by atoms with Crippen LogP contribution in [0.5, 0.6) is 0 Å². The first-order valence-corrected chi connectivity index (χ1v) is 6.80. The van der Waals surface area contributed by atoms with E-state index < -0.39 is 17.8 Å². The number of allylic oxidation sites excluding steroid dienone is 2. The predicted molar refractivity (Wildman–Crippen MR) is 69.6 cm³/mol. The second-order valence-electron chi connectivity index (χ2n) is 5.48. The Morgan fingerprint density at radius 1 is 1.21 bits per heavy atom. The van der Waals surface area contributed by atoms with Gasteiger partial charge >= 0.3 is 5.97 Å². The summed E-state index contributed by atoms with van der Waals surface area (Å²) in [6, 6.07) is 0.0176. The Hall–Kier alpha value is -1.36. The lowest BCUT2D eigenvalue weighted by Crippen LogP contribution is -2.53. The number of carboxylic acids is 1. The van der Waals surface area contributed by atoms with Crippen LogP contribution in [0.25, 0.3) is 0 Å². The lowest BCUT2D eigenvalue weighted by Gasteiger charge is -2.40. The lowest BCUT2D eigenvalue weighted by molar-refractivity contribution is -0.156. The molecule has 4 unspecified atom stereocenters. The van der Waals surface area contributed by atoms with Crippen LogP contribution in [0.3, 0.4) is 0 Å². The van der Waals surface area contributed by atoms with E-state index in [-0.39, 0.29) is 18.1 Å². The van der Waals surface area contributed by atoms with Crippen molar-refractivity contribution in [3.63, 3.8) is 0 Å². The Kier molecular flexibility index (Phi) is 4.24. The van der Waals surface area contributed by atoms with E-state index in [9.17, 15) is 14.7 Å². The first-order valence-electron chi connectivity index (χ1n) is 6.80. The van der Waals surface area contributed by atoms with Gasteiger partial charge < -0.3 is 14.7 Å². The minimum Gasteiger partial charge on any atom is -0.481 e. The number of hydrogen-bond donors (Lipinski definition) is 1. The zero-order chi connectivity index (χ0) is 14.0. The van der Waals surface area contributed by atoms with E-state index in [1.54, 1.807) is 4.90 Å². The summed E-state index contributed by atoms with van der Waals surface area (Å²) in [6.07, 6.45) is 4.75. The number of rotatable bonds is 2. The maximum Gasteiger partial charge on any atom is 0.307 e. The van der Waals surface area contributed by atoms with Crippen molar-refractivity contribution in [1.29, 1.82) is 0 Å². The molecule has 0 bridgehead atoms. The molecule has 0 saturated carbocycles. The summed E-state index contributed by atoms with van der Waals surface area (Å²) in [4.78, 5) is 25.7. The van der Waals surface area contributed by atoms with Gasteiger partial charge in [0.2, 0.25) is 5.91 Å². The summed E-state index contributed by atoms with van der Waals surface area (Å²) in [5, 5.41) is 9.24. The van der Waals surface area contributed by atoms with Crippen LogP contribution >= 0.6 is 0 Å². The number of carbonyl (C=O) groups is 2. The molecule has 1 aliphatic carbocycles. The van der Waals surface area contributed by atoms with Crippen LogP contribution in [-0.2, 0) is 14.3 Å². The molecule has 0 spiro atoms. The Labute approximate surface area is 113 Å². The van der Waals surface area contributed by atoms with Gasteiger partial charge in [-0.05, 0) is 26.7 Å². The predicted octanol–water partition coefficient (Wildman–Crippen LogP) is 1.29. The third kappa shape index (κ3) is 2.97. The van der Waals surface area contributed by atoms with Crippen LogP contribution in [0.1, 0.15) is 26.7 Å². The Balaban J connectivity index is 2.12. The molecule has 0 aromatic heterocycles. The normalized spacial score (nSPS) is 35.2. The van der Waals surface area contributed by atoms with Gasteiger partial charge in [0.25, 0.3) is 0 Å². The molecular weight excluding hydrogens is 246 g/mol. The average Bonchev–Trinajstić information content (AvgIpc) is 2.40. The molecule has 5 nitrogen and oxygen atoms in total. The Morgan fingerprint density at radius 2 is 1.84 bits per heavy atom. The fourth-order valence-electron chi connectivity index (χ4n) is 2.78. The average molecular weight is 267 g/mol. The molecule has 2 rings (SSSR count). The van der Waals surface area contributed by atoms with Gasteiger partial charge in [-0.2, -0.15) is 0 Å². The molecule has 1 heterocycles. The van der Waals surface area contributed by atoms with Crippen molar-refractivity contribution in [2.45, 2.75) is 38.8 Å². The van der Waals surface area contributed by atoms with Crippen molar-refractivity contribution in [2.24, 2.45) is 11.8 Å².